The van der Waals surface area contributed by atoms with Crippen molar-refractivity contribution in [3.8, 4) is 11.1 Å². The Balaban J connectivity index is 1.33. The van der Waals surface area contributed by atoms with Crippen molar-refractivity contribution in [2.24, 2.45) is 5.92 Å². The van der Waals surface area contributed by atoms with Crippen LogP contribution < -0.4 is 10.4 Å². The number of nitrogens with zero attached hydrogens (tertiary/aromatic N) is 2. The van der Waals surface area contributed by atoms with E-state index in [1.165, 1.54) is 32.7 Å². The summed E-state index contributed by atoms with van der Waals surface area (Å²) in [7, 11) is 1.75. The average molecular weight is 417 g/mol. The SMILES string of the molecule is COCCN1CCN(CC(=O)C2C=c3c(ccc4c3=CCc3ccccc3-4)CC2)CC1. The van der Waals surface area contributed by atoms with Gasteiger partial charge in [0.2, 0.25) is 0 Å². The van der Waals surface area contributed by atoms with Gasteiger partial charge in [0.05, 0.1) is 13.2 Å². The fraction of sp³-hybridized carbons (Fsp3) is 0.444. The highest BCUT2D eigenvalue weighted by atomic mass is 16.5. The molecule has 0 spiro atoms. The third-order valence-electron chi connectivity index (χ3n) is 7.17. The predicted molar refractivity (Wildman–Crippen MR) is 125 cm³/mol. The monoisotopic (exact) mass is 416 g/mol. The Morgan fingerprint density at radius 2 is 1.77 bits per heavy atom. The minimum absolute atomic E-state index is 0.0380. The molecular formula is C27H32N2O2. The van der Waals surface area contributed by atoms with Crippen molar-refractivity contribution in [2.75, 3.05) is 53.0 Å². The van der Waals surface area contributed by atoms with Crippen LogP contribution in [0.2, 0.25) is 0 Å². The predicted octanol–water partition coefficient (Wildman–Crippen LogP) is 1.87. The van der Waals surface area contributed by atoms with Crippen molar-refractivity contribution in [3.05, 3.63) is 58.0 Å². The molecule has 3 aliphatic rings. The van der Waals surface area contributed by atoms with Gasteiger partial charge in [0.25, 0.3) is 0 Å². The Bertz CT molecular complexity index is 1080. The Kier molecular flexibility index (Phi) is 6.04. The molecule has 31 heavy (non-hydrogen) atoms. The van der Waals surface area contributed by atoms with E-state index in [0.717, 1.165) is 58.6 Å². The van der Waals surface area contributed by atoms with Crippen molar-refractivity contribution in [1.29, 1.82) is 0 Å². The van der Waals surface area contributed by atoms with Crippen molar-refractivity contribution >= 4 is 17.9 Å². The minimum Gasteiger partial charge on any atom is -0.383 e. The Morgan fingerprint density at radius 3 is 2.61 bits per heavy atom. The first-order valence-electron chi connectivity index (χ1n) is 11.6. The summed E-state index contributed by atoms with van der Waals surface area (Å²) in [5.74, 6) is 0.417. The number of piperazine rings is 1. The van der Waals surface area contributed by atoms with Gasteiger partial charge < -0.3 is 4.74 Å². The number of hydrogen-bond acceptors (Lipinski definition) is 4. The largest absolute Gasteiger partial charge is 0.383 e. The molecule has 2 aromatic rings. The standard InChI is InChI=1S/C27H32N2O2/c1-31-17-16-28-12-14-29(15-13-28)19-27(30)22-7-6-21-9-10-24-23-5-3-2-4-20(23)8-11-25(24)26(21)18-22/h2-5,9-11,18,22H,6-8,12-17,19H2,1H3. The summed E-state index contributed by atoms with van der Waals surface area (Å²) in [6.07, 6.45) is 7.54. The van der Waals surface area contributed by atoms with Gasteiger partial charge in [-0.15, -0.1) is 0 Å². The van der Waals surface area contributed by atoms with Gasteiger partial charge in [0.1, 0.15) is 0 Å². The molecule has 1 heterocycles. The van der Waals surface area contributed by atoms with E-state index in [1.54, 1.807) is 7.11 Å². The zero-order chi connectivity index (χ0) is 21.2. The highest BCUT2D eigenvalue weighted by molar-refractivity contribution is 5.88. The lowest BCUT2D eigenvalue weighted by Gasteiger charge is -2.34. The van der Waals surface area contributed by atoms with Crippen LogP contribution >= 0.6 is 0 Å². The summed E-state index contributed by atoms with van der Waals surface area (Å²) in [5.41, 5.74) is 5.45. The number of methoxy groups -OCH3 is 1. The number of rotatable bonds is 6. The molecule has 0 amide bonds. The second kappa shape index (κ2) is 9.07. The maximum absolute atomic E-state index is 13.2. The molecule has 1 fully saturated rings. The Morgan fingerprint density at radius 1 is 0.968 bits per heavy atom. The Labute approximate surface area is 184 Å². The van der Waals surface area contributed by atoms with E-state index in [4.69, 9.17) is 4.74 Å². The molecule has 0 bridgehead atoms. The third-order valence-corrected chi connectivity index (χ3v) is 7.17. The number of carbonyl (C=O) groups excluding carboxylic acids is 1. The Hall–Kier alpha value is -2.27. The fourth-order valence-electron chi connectivity index (χ4n) is 5.30. The molecule has 1 unspecified atom stereocenters. The molecule has 2 aliphatic carbocycles. The maximum Gasteiger partial charge on any atom is 0.153 e. The van der Waals surface area contributed by atoms with Crippen molar-refractivity contribution in [1.82, 2.24) is 9.80 Å². The molecule has 0 aromatic heterocycles. The van der Waals surface area contributed by atoms with Gasteiger partial charge in [0, 0.05) is 45.8 Å². The van der Waals surface area contributed by atoms with Crippen molar-refractivity contribution in [2.45, 2.75) is 19.3 Å². The van der Waals surface area contributed by atoms with Gasteiger partial charge in [-0.2, -0.15) is 0 Å². The van der Waals surface area contributed by atoms with Gasteiger partial charge in [-0.1, -0.05) is 48.6 Å². The molecule has 1 atom stereocenters. The lowest BCUT2D eigenvalue weighted by molar-refractivity contribution is -0.122. The average Bonchev–Trinajstić information content (AvgIpc) is 2.82. The van der Waals surface area contributed by atoms with Crippen LogP contribution in [-0.2, 0) is 22.4 Å². The van der Waals surface area contributed by atoms with E-state index in [1.807, 2.05) is 0 Å². The quantitative estimate of drug-likeness (QED) is 0.720. The van der Waals surface area contributed by atoms with Gasteiger partial charge >= 0.3 is 0 Å². The minimum atomic E-state index is 0.0380. The first-order valence-corrected chi connectivity index (χ1v) is 11.6. The van der Waals surface area contributed by atoms with Crippen LogP contribution in [0.1, 0.15) is 17.5 Å². The summed E-state index contributed by atoms with van der Waals surface area (Å²) < 4.78 is 5.19. The van der Waals surface area contributed by atoms with Crippen molar-refractivity contribution in [3.63, 3.8) is 0 Å². The number of Topliss-reactive ketones (excluding diaryl/α,β-unsaturated/α-hetero) is 1. The lowest BCUT2D eigenvalue weighted by Crippen LogP contribution is -2.49. The second-order valence-electron chi connectivity index (χ2n) is 9.05. The first-order chi connectivity index (χ1) is 15.2. The zero-order valence-corrected chi connectivity index (χ0v) is 18.5. The van der Waals surface area contributed by atoms with Crippen LogP contribution in [-0.4, -0.2) is 68.6 Å². The summed E-state index contributed by atoms with van der Waals surface area (Å²) in [5, 5.41) is 2.64. The van der Waals surface area contributed by atoms with Crippen LogP contribution in [0, 0.1) is 5.92 Å². The molecule has 0 saturated carbocycles. The summed E-state index contributed by atoms with van der Waals surface area (Å²) in [4.78, 5) is 17.9. The van der Waals surface area contributed by atoms with E-state index in [-0.39, 0.29) is 5.92 Å². The number of benzene rings is 2. The van der Waals surface area contributed by atoms with E-state index >= 15 is 0 Å². The van der Waals surface area contributed by atoms with Crippen LogP contribution in [0.25, 0.3) is 23.3 Å². The molecule has 2 aromatic carbocycles. The second-order valence-corrected chi connectivity index (χ2v) is 9.05. The van der Waals surface area contributed by atoms with E-state index in [9.17, 15) is 4.79 Å². The van der Waals surface area contributed by atoms with E-state index in [2.05, 4.69) is 58.4 Å². The normalized spacial score (nSPS) is 20.7. The fourth-order valence-corrected chi connectivity index (χ4v) is 5.30. The molecular weight excluding hydrogens is 384 g/mol. The van der Waals surface area contributed by atoms with Gasteiger partial charge in [-0.25, -0.2) is 0 Å². The highest BCUT2D eigenvalue weighted by Crippen LogP contribution is 2.25. The molecule has 162 valence electrons. The van der Waals surface area contributed by atoms with Gasteiger partial charge in [-0.3, -0.25) is 14.6 Å². The molecule has 1 aliphatic heterocycles. The number of ether oxygens (including phenoxy) is 1. The van der Waals surface area contributed by atoms with Crippen molar-refractivity contribution < 1.29 is 9.53 Å². The third kappa shape index (κ3) is 4.25. The molecule has 5 rings (SSSR count). The summed E-state index contributed by atoms with van der Waals surface area (Å²) in [6, 6.07) is 13.2. The molecule has 4 heteroatoms. The first kappa shape index (κ1) is 20.6. The number of carbonyl (C=O) groups is 1. The van der Waals surface area contributed by atoms with Crippen LogP contribution in [0.3, 0.4) is 0 Å². The zero-order valence-electron chi connectivity index (χ0n) is 18.5. The van der Waals surface area contributed by atoms with Crippen LogP contribution in [0.5, 0.6) is 0 Å². The number of fused-ring (bicyclic) bond motifs is 5. The van der Waals surface area contributed by atoms with Gasteiger partial charge in [0.15, 0.2) is 5.78 Å². The van der Waals surface area contributed by atoms with E-state index in [0.29, 0.717) is 12.3 Å². The molecule has 0 N–H and O–H groups in total. The number of hydrogen-bond donors (Lipinski definition) is 0. The number of aryl methyl sites for hydroxylation is 1. The van der Waals surface area contributed by atoms with Crippen LogP contribution in [0.4, 0.5) is 0 Å². The van der Waals surface area contributed by atoms with Gasteiger partial charge in [-0.05, 0) is 52.0 Å². The lowest BCUT2D eigenvalue weighted by atomic mass is 9.83. The maximum atomic E-state index is 13.2. The highest BCUT2D eigenvalue weighted by Gasteiger charge is 2.25. The summed E-state index contributed by atoms with van der Waals surface area (Å²) >= 11 is 0. The number of ketones is 1. The summed E-state index contributed by atoms with van der Waals surface area (Å²) in [6.45, 7) is 6.33. The topological polar surface area (TPSA) is 32.8 Å². The smallest absolute Gasteiger partial charge is 0.153 e. The molecule has 4 nitrogen and oxygen atoms in total. The molecule has 0 radical (unpaired) electrons. The van der Waals surface area contributed by atoms with E-state index < -0.39 is 0 Å². The van der Waals surface area contributed by atoms with Crippen LogP contribution in [0.15, 0.2) is 36.4 Å². The molecule has 1 saturated heterocycles.